The van der Waals surface area contributed by atoms with E-state index in [4.69, 9.17) is 37.0 Å². The molecule has 0 radical (unpaired) electrons. The molecule has 2 unspecified atom stereocenters. The largest absolute Gasteiger partial charge is 0.472 e. The predicted molar refractivity (Wildman–Crippen MR) is 405 cm³/mol. The van der Waals surface area contributed by atoms with Gasteiger partial charge in [0.05, 0.1) is 26.4 Å². The zero-order valence-corrected chi connectivity index (χ0v) is 66.6. The zero-order valence-electron chi connectivity index (χ0n) is 64.8. The topological polar surface area (TPSA) is 237 Å². The summed E-state index contributed by atoms with van der Waals surface area (Å²) in [5, 5.41) is 10.6. The van der Waals surface area contributed by atoms with E-state index in [1.165, 1.54) is 231 Å². The Kier molecular flexibility index (Phi) is 70.3. The van der Waals surface area contributed by atoms with Gasteiger partial charge in [0.25, 0.3) is 0 Å². The van der Waals surface area contributed by atoms with Crippen LogP contribution >= 0.6 is 15.6 Å². The maximum absolute atomic E-state index is 13.1. The molecule has 0 aliphatic heterocycles. The molecule has 19 heteroatoms. The number of rotatable bonds is 79. The fourth-order valence-corrected chi connectivity index (χ4v) is 13.9. The van der Waals surface area contributed by atoms with Gasteiger partial charge in [-0.3, -0.25) is 37.3 Å². The van der Waals surface area contributed by atoms with Gasteiger partial charge in [-0.05, 0) is 37.5 Å². The van der Waals surface area contributed by atoms with Crippen molar-refractivity contribution in [3.8, 4) is 0 Å². The maximum Gasteiger partial charge on any atom is 0.472 e. The number of hydrogen-bond acceptors (Lipinski definition) is 15. The summed E-state index contributed by atoms with van der Waals surface area (Å²) >= 11 is 0. The molecule has 0 saturated heterocycles. The van der Waals surface area contributed by atoms with Crippen LogP contribution in [-0.2, 0) is 65.4 Å². The Hall–Kier alpha value is -1.94. The van der Waals surface area contributed by atoms with Gasteiger partial charge in [0.2, 0.25) is 0 Å². The molecule has 0 aromatic heterocycles. The molecule has 5 atom stereocenters. The molecule has 0 saturated carbocycles. The van der Waals surface area contributed by atoms with Crippen molar-refractivity contribution in [2.24, 2.45) is 11.8 Å². The van der Waals surface area contributed by atoms with E-state index in [0.29, 0.717) is 31.6 Å². The summed E-state index contributed by atoms with van der Waals surface area (Å²) in [6.07, 6.45) is 61.2. The monoisotopic (exact) mass is 1450 g/mol. The first kappa shape index (κ1) is 97.1. The fraction of sp³-hybridized carbons (Fsp3) is 0.950. The molecule has 17 nitrogen and oxygen atoms in total. The van der Waals surface area contributed by atoms with Crippen molar-refractivity contribution in [2.75, 3.05) is 39.6 Å². The third-order valence-electron chi connectivity index (χ3n) is 18.7. The quantitative estimate of drug-likeness (QED) is 0.0222. The highest BCUT2D eigenvalue weighted by Crippen LogP contribution is 2.45. The van der Waals surface area contributed by atoms with E-state index in [1.807, 2.05) is 0 Å². The number of carbonyl (C=O) groups is 4. The van der Waals surface area contributed by atoms with Gasteiger partial charge in [0, 0.05) is 25.7 Å². The van der Waals surface area contributed by atoms with Crippen molar-refractivity contribution in [1.29, 1.82) is 0 Å². The highest BCUT2D eigenvalue weighted by atomic mass is 31.2. The molecule has 0 heterocycles. The van der Waals surface area contributed by atoms with Crippen LogP contribution in [0, 0.1) is 11.8 Å². The Morgan fingerprint density at radius 3 is 0.687 bits per heavy atom. The normalized spacial score (nSPS) is 13.9. The Morgan fingerprint density at radius 1 is 0.273 bits per heavy atom. The second kappa shape index (κ2) is 71.7. The Labute approximate surface area is 607 Å². The summed E-state index contributed by atoms with van der Waals surface area (Å²) in [7, 11) is -9.92. The first-order valence-electron chi connectivity index (χ1n) is 41.5. The Balaban J connectivity index is 5.23. The second-order valence-electron chi connectivity index (χ2n) is 29.8. The summed E-state index contributed by atoms with van der Waals surface area (Å²) in [5.41, 5.74) is 0. The summed E-state index contributed by atoms with van der Waals surface area (Å²) in [6, 6.07) is 0. The summed E-state index contributed by atoms with van der Waals surface area (Å²) < 4.78 is 68.7. The number of carbonyl (C=O) groups excluding carboxylic acids is 4. The molecule has 0 aromatic carbocycles. The van der Waals surface area contributed by atoms with Crippen LogP contribution in [0.5, 0.6) is 0 Å². The smallest absolute Gasteiger partial charge is 0.462 e. The number of unbranched alkanes of at least 4 members (excludes halogenated alkanes) is 49. The van der Waals surface area contributed by atoms with Crippen molar-refractivity contribution in [3.05, 3.63) is 0 Å². The molecule has 0 aliphatic carbocycles. The minimum absolute atomic E-state index is 0.107. The van der Waals surface area contributed by atoms with E-state index in [-0.39, 0.29) is 25.7 Å². The number of hydrogen-bond donors (Lipinski definition) is 3. The van der Waals surface area contributed by atoms with Crippen LogP contribution in [0.25, 0.3) is 0 Å². The van der Waals surface area contributed by atoms with Crippen LogP contribution in [0.2, 0.25) is 0 Å². The van der Waals surface area contributed by atoms with Gasteiger partial charge < -0.3 is 33.8 Å². The molecular weight excluding hydrogens is 1290 g/mol. The van der Waals surface area contributed by atoms with E-state index in [2.05, 4.69) is 41.5 Å². The van der Waals surface area contributed by atoms with Gasteiger partial charge in [-0.25, -0.2) is 9.13 Å². The highest BCUT2D eigenvalue weighted by Gasteiger charge is 2.30. The van der Waals surface area contributed by atoms with Gasteiger partial charge in [-0.2, -0.15) is 0 Å². The maximum atomic E-state index is 13.1. The minimum atomic E-state index is -4.96. The second-order valence-corrected chi connectivity index (χ2v) is 32.7. The average molecular weight is 1450 g/mol. The lowest BCUT2D eigenvalue weighted by Crippen LogP contribution is -2.30. The van der Waals surface area contributed by atoms with Crippen molar-refractivity contribution >= 4 is 39.5 Å². The van der Waals surface area contributed by atoms with Crippen molar-refractivity contribution in [2.45, 2.75) is 439 Å². The van der Waals surface area contributed by atoms with Crippen LogP contribution in [-0.4, -0.2) is 96.7 Å². The molecular formula is C80H156O17P2. The predicted octanol–water partition coefficient (Wildman–Crippen LogP) is 23.9. The lowest BCUT2D eigenvalue weighted by Gasteiger charge is -2.21. The van der Waals surface area contributed by atoms with Crippen LogP contribution in [0.3, 0.4) is 0 Å². The first-order valence-corrected chi connectivity index (χ1v) is 44.5. The zero-order chi connectivity index (χ0) is 72.8. The number of aliphatic hydroxyl groups is 1. The molecule has 0 aromatic rings. The Bertz CT molecular complexity index is 1910. The lowest BCUT2D eigenvalue weighted by molar-refractivity contribution is -0.161. The first-order chi connectivity index (χ1) is 47.9. The molecule has 0 aliphatic rings. The van der Waals surface area contributed by atoms with E-state index in [0.717, 1.165) is 102 Å². The third-order valence-corrected chi connectivity index (χ3v) is 20.6. The van der Waals surface area contributed by atoms with Crippen LogP contribution in [0.15, 0.2) is 0 Å². The van der Waals surface area contributed by atoms with Crippen LogP contribution in [0.1, 0.15) is 420 Å². The molecule has 99 heavy (non-hydrogen) atoms. The van der Waals surface area contributed by atoms with Crippen molar-refractivity contribution in [3.63, 3.8) is 0 Å². The molecule has 0 spiro atoms. The van der Waals surface area contributed by atoms with Crippen molar-refractivity contribution < 1.29 is 80.2 Å². The molecule has 0 rings (SSSR count). The summed E-state index contributed by atoms with van der Waals surface area (Å²) in [6.45, 7) is 9.58. The average Bonchev–Trinajstić information content (AvgIpc) is 1.11. The van der Waals surface area contributed by atoms with Gasteiger partial charge in [0.1, 0.15) is 19.3 Å². The molecule has 588 valence electrons. The number of ether oxygens (including phenoxy) is 4. The van der Waals surface area contributed by atoms with Crippen LogP contribution < -0.4 is 0 Å². The van der Waals surface area contributed by atoms with E-state index in [9.17, 15) is 43.2 Å². The molecule has 0 bridgehead atoms. The van der Waals surface area contributed by atoms with Gasteiger partial charge >= 0.3 is 39.5 Å². The fourth-order valence-electron chi connectivity index (χ4n) is 12.4. The third kappa shape index (κ3) is 74.1. The van der Waals surface area contributed by atoms with Gasteiger partial charge in [0.15, 0.2) is 12.2 Å². The molecule has 3 N–H and O–H groups in total. The Morgan fingerprint density at radius 2 is 0.465 bits per heavy atom. The number of phosphoric ester groups is 2. The summed E-state index contributed by atoms with van der Waals surface area (Å²) in [5.74, 6) is -0.636. The number of aliphatic hydroxyl groups excluding tert-OH is 1. The van der Waals surface area contributed by atoms with Crippen molar-refractivity contribution in [1.82, 2.24) is 0 Å². The highest BCUT2D eigenvalue weighted by molar-refractivity contribution is 7.47. The lowest BCUT2D eigenvalue weighted by atomic mass is 10.0. The molecule has 0 fully saturated rings. The SMILES string of the molecule is CCCCCCCCCCCCCCCCCCCC(=O)OC[C@H](COP(=O)(O)OC[C@@H](O)COP(=O)(O)OC[C@@H](COC(=O)CCCCCCCCC(C)C)OC(=O)CCCCCCCCCCCCCCCCCC)OC(=O)CCCCCCCCCCCCCCCCC(C)C. The van der Waals surface area contributed by atoms with Gasteiger partial charge in [-0.1, -0.05) is 369 Å². The minimum Gasteiger partial charge on any atom is -0.462 e. The standard InChI is InChI=1S/C80H156O17P2/c1-7-9-11-13-15-17-19-21-23-25-27-31-35-39-43-50-56-62-77(82)90-68-75(96-79(84)64-59-53-45-41-37-33-29-28-30-34-38-42-48-54-60-72(3)4)70-94-98(86,87)92-66-74(81)67-93-99(88,89)95-71-76(69-91-78(83)63-57-51-47-46-49-55-61-73(5)6)97-80(85)65-58-52-44-40-36-32-26-24-22-20-18-16-14-12-10-8-2/h72-76,81H,7-71H2,1-6H3,(H,86,87)(H,88,89)/t74-,75-,76-/m1/s1. The van der Waals surface area contributed by atoms with E-state index < -0.39 is 97.5 Å². The van der Waals surface area contributed by atoms with Gasteiger partial charge in [-0.15, -0.1) is 0 Å². The molecule has 0 amide bonds. The summed E-state index contributed by atoms with van der Waals surface area (Å²) in [4.78, 5) is 73.0. The van der Waals surface area contributed by atoms with E-state index in [1.54, 1.807) is 0 Å². The van der Waals surface area contributed by atoms with E-state index >= 15 is 0 Å². The van der Waals surface area contributed by atoms with Crippen LogP contribution in [0.4, 0.5) is 0 Å². The number of phosphoric acid groups is 2. The number of esters is 4.